The Bertz CT molecular complexity index is 553. The average molecular weight is 272 g/mol. The molecule has 0 heterocycles. The molecule has 20 heavy (non-hydrogen) atoms. The minimum Gasteiger partial charge on any atom is -0.385 e. The third-order valence-corrected chi connectivity index (χ3v) is 4.24. The Kier molecular flexibility index (Phi) is 4.79. The Balaban J connectivity index is 2.51. The molecule has 0 aliphatic carbocycles. The van der Waals surface area contributed by atoms with Crippen LogP contribution in [0, 0.1) is 0 Å². The lowest BCUT2D eigenvalue weighted by Crippen LogP contribution is -2.38. The van der Waals surface area contributed by atoms with Gasteiger partial charge in [-0.05, 0) is 36.1 Å². The van der Waals surface area contributed by atoms with Crippen molar-refractivity contribution >= 4 is 10.8 Å². The predicted molar refractivity (Wildman–Crippen MR) is 83.8 cm³/mol. The second kappa shape index (κ2) is 6.38. The van der Waals surface area contributed by atoms with Crippen LogP contribution in [-0.4, -0.2) is 17.3 Å². The molecule has 1 unspecified atom stereocenters. The molecule has 2 aromatic carbocycles. The molecular weight excluding hydrogens is 248 g/mol. The lowest BCUT2D eigenvalue weighted by Gasteiger charge is -2.37. The standard InChI is InChI=1S/C18H24O2/c1-4-18(5-2,20-6-3)17(19)16-13-9-11-14-10-7-8-12-15(14)16/h7-13,17,19H,4-6H2,1-3H3. The summed E-state index contributed by atoms with van der Waals surface area (Å²) in [6, 6.07) is 14.3. The zero-order chi connectivity index (χ0) is 14.6. The monoisotopic (exact) mass is 272 g/mol. The molecule has 1 N–H and O–H groups in total. The van der Waals surface area contributed by atoms with Crippen molar-refractivity contribution in [2.24, 2.45) is 0 Å². The summed E-state index contributed by atoms with van der Waals surface area (Å²) in [5.41, 5.74) is 0.457. The Morgan fingerprint density at radius 3 is 2.30 bits per heavy atom. The summed E-state index contributed by atoms with van der Waals surface area (Å²) in [6.45, 7) is 6.75. The first-order chi connectivity index (χ1) is 9.68. The number of ether oxygens (including phenoxy) is 1. The maximum Gasteiger partial charge on any atom is 0.108 e. The molecule has 2 rings (SSSR count). The van der Waals surface area contributed by atoms with E-state index >= 15 is 0 Å². The number of hydrogen-bond donors (Lipinski definition) is 1. The van der Waals surface area contributed by atoms with Gasteiger partial charge in [0.1, 0.15) is 6.10 Å². The van der Waals surface area contributed by atoms with Crippen LogP contribution in [0.1, 0.15) is 45.3 Å². The third kappa shape index (κ3) is 2.58. The van der Waals surface area contributed by atoms with E-state index in [1.807, 2.05) is 31.2 Å². The lowest BCUT2D eigenvalue weighted by atomic mass is 9.84. The van der Waals surface area contributed by atoms with Crippen molar-refractivity contribution in [1.29, 1.82) is 0 Å². The summed E-state index contributed by atoms with van der Waals surface area (Å²) in [5.74, 6) is 0. The normalized spacial score (nSPS) is 13.6. The van der Waals surface area contributed by atoms with Gasteiger partial charge in [0.2, 0.25) is 0 Å². The van der Waals surface area contributed by atoms with Gasteiger partial charge in [0.25, 0.3) is 0 Å². The molecule has 2 aromatic rings. The van der Waals surface area contributed by atoms with Gasteiger partial charge in [-0.15, -0.1) is 0 Å². The highest BCUT2D eigenvalue weighted by Crippen LogP contribution is 2.38. The smallest absolute Gasteiger partial charge is 0.108 e. The van der Waals surface area contributed by atoms with E-state index in [9.17, 15) is 5.11 Å². The van der Waals surface area contributed by atoms with Crippen LogP contribution in [0.25, 0.3) is 10.8 Å². The van der Waals surface area contributed by atoms with E-state index in [4.69, 9.17) is 4.74 Å². The van der Waals surface area contributed by atoms with Gasteiger partial charge in [-0.25, -0.2) is 0 Å². The number of fused-ring (bicyclic) bond motifs is 1. The van der Waals surface area contributed by atoms with Crippen LogP contribution < -0.4 is 0 Å². The van der Waals surface area contributed by atoms with Crippen LogP contribution in [0.15, 0.2) is 42.5 Å². The molecule has 0 aliphatic rings. The van der Waals surface area contributed by atoms with Crippen molar-refractivity contribution in [2.45, 2.75) is 45.3 Å². The second-order valence-corrected chi connectivity index (χ2v) is 5.18. The molecule has 0 radical (unpaired) electrons. The molecule has 108 valence electrons. The topological polar surface area (TPSA) is 29.5 Å². The summed E-state index contributed by atoms with van der Waals surface area (Å²) in [4.78, 5) is 0. The van der Waals surface area contributed by atoms with Gasteiger partial charge < -0.3 is 9.84 Å². The molecule has 0 aromatic heterocycles. The Morgan fingerprint density at radius 1 is 1.00 bits per heavy atom. The fraction of sp³-hybridized carbons (Fsp3) is 0.444. The Labute approximate surface area is 121 Å². The van der Waals surface area contributed by atoms with Gasteiger partial charge in [-0.1, -0.05) is 56.3 Å². The van der Waals surface area contributed by atoms with Gasteiger partial charge in [-0.3, -0.25) is 0 Å². The molecule has 0 aliphatic heterocycles. The lowest BCUT2D eigenvalue weighted by molar-refractivity contribution is -0.127. The first-order valence-electron chi connectivity index (χ1n) is 7.48. The van der Waals surface area contributed by atoms with Crippen LogP contribution in [0.3, 0.4) is 0 Å². The van der Waals surface area contributed by atoms with Crippen molar-refractivity contribution in [2.75, 3.05) is 6.61 Å². The molecule has 0 bridgehead atoms. The minimum absolute atomic E-state index is 0.501. The zero-order valence-corrected chi connectivity index (χ0v) is 12.6. The van der Waals surface area contributed by atoms with Crippen molar-refractivity contribution in [3.8, 4) is 0 Å². The first kappa shape index (κ1) is 15.0. The quantitative estimate of drug-likeness (QED) is 0.840. The van der Waals surface area contributed by atoms with E-state index in [-0.39, 0.29) is 0 Å². The SMILES string of the molecule is CCOC(CC)(CC)C(O)c1cccc2ccccc12. The fourth-order valence-corrected chi connectivity index (χ4v) is 2.98. The van der Waals surface area contributed by atoms with E-state index in [1.165, 1.54) is 0 Å². The minimum atomic E-state index is -0.608. The van der Waals surface area contributed by atoms with Gasteiger partial charge in [0.15, 0.2) is 0 Å². The number of aliphatic hydroxyl groups excluding tert-OH is 1. The summed E-state index contributed by atoms with van der Waals surface area (Å²) < 4.78 is 5.94. The molecule has 0 saturated heterocycles. The van der Waals surface area contributed by atoms with Crippen LogP contribution in [0.4, 0.5) is 0 Å². The van der Waals surface area contributed by atoms with E-state index in [1.54, 1.807) is 0 Å². The molecule has 2 nitrogen and oxygen atoms in total. The van der Waals surface area contributed by atoms with Crippen molar-refractivity contribution in [3.05, 3.63) is 48.0 Å². The number of aliphatic hydroxyl groups is 1. The largest absolute Gasteiger partial charge is 0.385 e. The van der Waals surface area contributed by atoms with E-state index < -0.39 is 11.7 Å². The Morgan fingerprint density at radius 2 is 1.65 bits per heavy atom. The highest BCUT2D eigenvalue weighted by Gasteiger charge is 2.36. The van der Waals surface area contributed by atoms with Crippen LogP contribution in [0.2, 0.25) is 0 Å². The highest BCUT2D eigenvalue weighted by molar-refractivity contribution is 5.86. The zero-order valence-electron chi connectivity index (χ0n) is 12.6. The van der Waals surface area contributed by atoms with Gasteiger partial charge in [0.05, 0.1) is 5.60 Å². The molecule has 2 heteroatoms. The maximum absolute atomic E-state index is 10.9. The number of hydrogen-bond acceptors (Lipinski definition) is 2. The van der Waals surface area contributed by atoms with Crippen LogP contribution >= 0.6 is 0 Å². The van der Waals surface area contributed by atoms with Gasteiger partial charge in [0, 0.05) is 6.61 Å². The molecular formula is C18H24O2. The predicted octanol–water partition coefficient (Wildman–Crippen LogP) is 4.47. The molecule has 0 saturated carbocycles. The van der Waals surface area contributed by atoms with Gasteiger partial charge >= 0.3 is 0 Å². The van der Waals surface area contributed by atoms with Crippen molar-refractivity contribution in [1.82, 2.24) is 0 Å². The van der Waals surface area contributed by atoms with E-state index in [2.05, 4.69) is 32.0 Å². The fourth-order valence-electron chi connectivity index (χ4n) is 2.98. The molecule has 1 atom stereocenters. The van der Waals surface area contributed by atoms with Crippen molar-refractivity contribution in [3.63, 3.8) is 0 Å². The second-order valence-electron chi connectivity index (χ2n) is 5.18. The number of rotatable bonds is 6. The number of benzene rings is 2. The molecule has 0 spiro atoms. The third-order valence-electron chi connectivity index (χ3n) is 4.24. The summed E-state index contributed by atoms with van der Waals surface area (Å²) >= 11 is 0. The average Bonchev–Trinajstić information content (AvgIpc) is 2.51. The van der Waals surface area contributed by atoms with Crippen LogP contribution in [0.5, 0.6) is 0 Å². The molecule has 0 fully saturated rings. The first-order valence-corrected chi connectivity index (χ1v) is 7.48. The molecule has 0 amide bonds. The highest BCUT2D eigenvalue weighted by atomic mass is 16.5. The Hall–Kier alpha value is -1.38. The summed E-state index contributed by atoms with van der Waals surface area (Å²) in [6.07, 6.45) is 0.979. The van der Waals surface area contributed by atoms with Gasteiger partial charge in [-0.2, -0.15) is 0 Å². The van der Waals surface area contributed by atoms with E-state index in [0.717, 1.165) is 29.2 Å². The van der Waals surface area contributed by atoms with Crippen LogP contribution in [-0.2, 0) is 4.74 Å². The summed E-state index contributed by atoms with van der Waals surface area (Å²) in [7, 11) is 0. The summed E-state index contributed by atoms with van der Waals surface area (Å²) in [5, 5.41) is 13.2. The maximum atomic E-state index is 10.9. The van der Waals surface area contributed by atoms with Crippen molar-refractivity contribution < 1.29 is 9.84 Å². The van der Waals surface area contributed by atoms with E-state index in [0.29, 0.717) is 6.61 Å².